The van der Waals surface area contributed by atoms with E-state index in [0.29, 0.717) is 6.54 Å². The van der Waals surface area contributed by atoms with Crippen molar-refractivity contribution in [2.24, 2.45) is 0 Å². The second-order valence-electron chi connectivity index (χ2n) is 3.35. The lowest BCUT2D eigenvalue weighted by atomic mass is 10.1. The Hall–Kier alpha value is -0.680. The summed E-state index contributed by atoms with van der Waals surface area (Å²) in [7, 11) is 0. The zero-order chi connectivity index (χ0) is 9.26. The molecule has 1 atom stereocenters. The van der Waals surface area contributed by atoms with Gasteiger partial charge in [0.2, 0.25) is 5.13 Å². The Bertz CT molecular complexity index is 289. The van der Waals surface area contributed by atoms with Gasteiger partial charge in [-0.05, 0) is 19.8 Å². The maximum absolute atomic E-state index is 9.46. The summed E-state index contributed by atoms with van der Waals surface area (Å²) in [6.07, 6.45) is 1.76. The third kappa shape index (κ3) is 1.97. The fourth-order valence-corrected chi connectivity index (χ4v) is 2.26. The minimum absolute atomic E-state index is 0.196. The fraction of sp³-hybridized carbons (Fsp3) is 0.750. The van der Waals surface area contributed by atoms with Crippen LogP contribution in [0, 0.1) is 6.92 Å². The van der Waals surface area contributed by atoms with Crippen LogP contribution in [-0.2, 0) is 0 Å². The number of aliphatic hydroxyl groups is 1. The lowest BCUT2D eigenvalue weighted by Crippen LogP contribution is -2.38. The van der Waals surface area contributed by atoms with Crippen LogP contribution in [0.1, 0.15) is 17.8 Å². The van der Waals surface area contributed by atoms with Crippen LogP contribution in [0.2, 0.25) is 0 Å². The number of hydrogen-bond donors (Lipinski definition) is 1. The molecule has 0 bridgehead atoms. The molecular weight excluding hydrogens is 186 g/mol. The summed E-state index contributed by atoms with van der Waals surface area (Å²) < 4.78 is 0. The van der Waals surface area contributed by atoms with E-state index in [1.807, 2.05) is 6.92 Å². The highest BCUT2D eigenvalue weighted by molar-refractivity contribution is 7.15. The van der Waals surface area contributed by atoms with Crippen LogP contribution in [0.5, 0.6) is 0 Å². The third-order valence-electron chi connectivity index (χ3n) is 2.18. The molecule has 1 aromatic heterocycles. The first-order chi connectivity index (χ1) is 6.25. The Morgan fingerprint density at radius 3 is 3.00 bits per heavy atom. The summed E-state index contributed by atoms with van der Waals surface area (Å²) in [6.45, 7) is 3.64. The Morgan fingerprint density at radius 1 is 1.54 bits per heavy atom. The largest absolute Gasteiger partial charge is 0.391 e. The molecule has 0 aliphatic carbocycles. The second kappa shape index (κ2) is 3.59. The third-order valence-corrected chi connectivity index (χ3v) is 3.08. The average molecular weight is 199 g/mol. The average Bonchev–Trinajstić information content (AvgIpc) is 2.52. The maximum Gasteiger partial charge on any atom is 0.208 e. The molecule has 0 spiro atoms. The summed E-state index contributed by atoms with van der Waals surface area (Å²) >= 11 is 1.59. The lowest BCUT2D eigenvalue weighted by molar-refractivity contribution is 0.154. The first-order valence-corrected chi connectivity index (χ1v) is 5.30. The molecule has 0 saturated carbocycles. The topological polar surface area (TPSA) is 49.2 Å². The Kier molecular flexibility index (Phi) is 2.46. The smallest absolute Gasteiger partial charge is 0.208 e. The molecule has 0 aromatic carbocycles. The molecule has 1 aliphatic heterocycles. The van der Waals surface area contributed by atoms with E-state index in [0.717, 1.165) is 29.5 Å². The number of nitrogens with zero attached hydrogens (tertiary/aromatic N) is 3. The maximum atomic E-state index is 9.46. The molecule has 1 fully saturated rings. The van der Waals surface area contributed by atoms with Crippen LogP contribution in [0.25, 0.3) is 0 Å². The molecule has 1 N–H and O–H groups in total. The van der Waals surface area contributed by atoms with E-state index in [9.17, 15) is 5.11 Å². The van der Waals surface area contributed by atoms with Gasteiger partial charge in [0.1, 0.15) is 5.01 Å². The van der Waals surface area contributed by atoms with Gasteiger partial charge in [0, 0.05) is 13.1 Å². The monoisotopic (exact) mass is 199 g/mol. The van der Waals surface area contributed by atoms with Gasteiger partial charge in [0.05, 0.1) is 6.10 Å². The van der Waals surface area contributed by atoms with Gasteiger partial charge in [0.15, 0.2) is 0 Å². The summed E-state index contributed by atoms with van der Waals surface area (Å²) in [6, 6.07) is 0. The van der Waals surface area contributed by atoms with Crippen LogP contribution in [0.3, 0.4) is 0 Å². The van der Waals surface area contributed by atoms with Gasteiger partial charge in [-0.1, -0.05) is 11.3 Å². The van der Waals surface area contributed by atoms with E-state index < -0.39 is 0 Å². The number of anilines is 1. The summed E-state index contributed by atoms with van der Waals surface area (Å²) in [5.74, 6) is 0. The van der Waals surface area contributed by atoms with Crippen molar-refractivity contribution in [3.8, 4) is 0 Å². The summed E-state index contributed by atoms with van der Waals surface area (Å²) in [4.78, 5) is 2.11. The number of piperidine rings is 1. The quantitative estimate of drug-likeness (QED) is 0.727. The molecule has 72 valence electrons. The molecule has 2 heterocycles. The molecule has 1 aromatic rings. The van der Waals surface area contributed by atoms with Crippen molar-refractivity contribution >= 4 is 16.5 Å². The summed E-state index contributed by atoms with van der Waals surface area (Å²) in [5.41, 5.74) is 0. The van der Waals surface area contributed by atoms with Gasteiger partial charge in [-0.25, -0.2) is 0 Å². The Balaban J connectivity index is 2.08. The first kappa shape index (κ1) is 8.90. The molecule has 2 rings (SSSR count). The van der Waals surface area contributed by atoms with Gasteiger partial charge in [-0.3, -0.25) is 0 Å². The van der Waals surface area contributed by atoms with Crippen molar-refractivity contribution in [2.45, 2.75) is 25.9 Å². The van der Waals surface area contributed by atoms with Gasteiger partial charge >= 0.3 is 0 Å². The van der Waals surface area contributed by atoms with Gasteiger partial charge in [0.25, 0.3) is 0 Å². The van der Waals surface area contributed by atoms with Gasteiger partial charge in [-0.15, -0.1) is 10.2 Å². The molecular formula is C8H13N3OS. The van der Waals surface area contributed by atoms with Crippen LogP contribution in [0.4, 0.5) is 5.13 Å². The van der Waals surface area contributed by atoms with Crippen LogP contribution < -0.4 is 4.90 Å². The first-order valence-electron chi connectivity index (χ1n) is 4.49. The Labute approximate surface area is 81.2 Å². The predicted octanol–water partition coefficient (Wildman–Crippen LogP) is 0.808. The van der Waals surface area contributed by atoms with Crippen LogP contribution >= 0.6 is 11.3 Å². The van der Waals surface area contributed by atoms with Crippen molar-refractivity contribution in [2.75, 3.05) is 18.0 Å². The molecule has 13 heavy (non-hydrogen) atoms. The van der Waals surface area contributed by atoms with Crippen molar-refractivity contribution in [1.82, 2.24) is 10.2 Å². The predicted molar refractivity (Wildman–Crippen MR) is 52.1 cm³/mol. The van der Waals surface area contributed by atoms with E-state index in [1.165, 1.54) is 0 Å². The van der Waals surface area contributed by atoms with E-state index in [4.69, 9.17) is 0 Å². The zero-order valence-electron chi connectivity index (χ0n) is 7.60. The molecule has 1 unspecified atom stereocenters. The highest BCUT2D eigenvalue weighted by Crippen LogP contribution is 2.23. The molecule has 4 nitrogen and oxygen atoms in total. The van der Waals surface area contributed by atoms with Crippen molar-refractivity contribution in [3.05, 3.63) is 5.01 Å². The standard InChI is InChI=1S/C8H13N3OS/c1-6-9-10-8(13-6)11-4-2-3-7(12)5-11/h7,12H,2-5H2,1H3. The number of rotatable bonds is 1. The SMILES string of the molecule is Cc1nnc(N2CCCC(O)C2)s1. The number of β-amino-alcohol motifs (C(OH)–C–C–N with tert-alkyl or cyclic N) is 1. The minimum Gasteiger partial charge on any atom is -0.391 e. The normalized spacial score (nSPS) is 23.5. The van der Waals surface area contributed by atoms with Gasteiger partial charge in [-0.2, -0.15) is 0 Å². The van der Waals surface area contributed by atoms with Crippen LogP contribution in [-0.4, -0.2) is 34.5 Å². The highest BCUT2D eigenvalue weighted by Gasteiger charge is 2.20. The fourth-order valence-electron chi connectivity index (χ4n) is 1.54. The van der Waals surface area contributed by atoms with Crippen LogP contribution in [0.15, 0.2) is 0 Å². The lowest BCUT2D eigenvalue weighted by Gasteiger charge is -2.29. The number of aromatic nitrogens is 2. The molecule has 5 heteroatoms. The second-order valence-corrected chi connectivity index (χ2v) is 4.51. The van der Waals surface area contributed by atoms with Gasteiger partial charge < -0.3 is 10.0 Å². The zero-order valence-corrected chi connectivity index (χ0v) is 8.42. The highest BCUT2D eigenvalue weighted by atomic mass is 32.1. The van der Waals surface area contributed by atoms with E-state index >= 15 is 0 Å². The van der Waals surface area contributed by atoms with Crippen molar-refractivity contribution in [3.63, 3.8) is 0 Å². The van der Waals surface area contributed by atoms with E-state index in [-0.39, 0.29) is 6.10 Å². The summed E-state index contributed by atoms with van der Waals surface area (Å²) in [5, 5.41) is 19.4. The molecule has 1 aliphatic rings. The minimum atomic E-state index is -0.196. The van der Waals surface area contributed by atoms with E-state index in [2.05, 4.69) is 15.1 Å². The van der Waals surface area contributed by atoms with Crippen molar-refractivity contribution in [1.29, 1.82) is 0 Å². The van der Waals surface area contributed by atoms with Crippen molar-refractivity contribution < 1.29 is 5.11 Å². The number of aliphatic hydroxyl groups excluding tert-OH is 1. The number of hydrogen-bond acceptors (Lipinski definition) is 5. The molecule has 0 amide bonds. The Morgan fingerprint density at radius 2 is 2.38 bits per heavy atom. The van der Waals surface area contributed by atoms with E-state index in [1.54, 1.807) is 11.3 Å². The molecule has 0 radical (unpaired) electrons. The number of aryl methyl sites for hydroxylation is 1. The molecule has 1 saturated heterocycles.